The van der Waals surface area contributed by atoms with Gasteiger partial charge < -0.3 is 4.74 Å². The van der Waals surface area contributed by atoms with Crippen LogP contribution >= 0.6 is 11.8 Å². The smallest absolute Gasteiger partial charge is 0.327 e. The molecule has 0 amide bonds. The summed E-state index contributed by atoms with van der Waals surface area (Å²) in [6.45, 7) is 6.28. The summed E-state index contributed by atoms with van der Waals surface area (Å²) in [6.07, 6.45) is 1.48. The van der Waals surface area contributed by atoms with E-state index < -0.39 is 16.8 Å². The van der Waals surface area contributed by atoms with Gasteiger partial charge in [0.05, 0.1) is 6.42 Å². The lowest BCUT2D eigenvalue weighted by molar-refractivity contribution is -0.171. The summed E-state index contributed by atoms with van der Waals surface area (Å²) in [6, 6.07) is 26.1. The highest BCUT2D eigenvalue weighted by atomic mass is 32.2. The molecule has 0 bridgehead atoms. The van der Waals surface area contributed by atoms with E-state index in [-0.39, 0.29) is 12.2 Å². The second-order valence-electron chi connectivity index (χ2n) is 9.10. The molecule has 1 aliphatic rings. The van der Waals surface area contributed by atoms with Crippen molar-refractivity contribution in [3.8, 4) is 0 Å². The number of benzene rings is 3. The molecule has 0 aromatic heterocycles. The van der Waals surface area contributed by atoms with Crippen molar-refractivity contribution >= 4 is 23.5 Å². The van der Waals surface area contributed by atoms with Crippen LogP contribution < -0.4 is 0 Å². The van der Waals surface area contributed by atoms with Crippen LogP contribution in [-0.2, 0) is 26.3 Å². The largest absolute Gasteiger partial charge is 0.453 e. The molecule has 3 nitrogen and oxygen atoms in total. The topological polar surface area (TPSA) is 43.4 Å². The van der Waals surface area contributed by atoms with Gasteiger partial charge in [-0.1, -0.05) is 86.6 Å². The molecule has 1 aliphatic heterocycles. The molecule has 0 aliphatic carbocycles. The predicted octanol–water partition coefficient (Wildman–Crippen LogP) is 6.62. The van der Waals surface area contributed by atoms with Crippen molar-refractivity contribution < 1.29 is 14.3 Å². The molecule has 1 unspecified atom stereocenters. The van der Waals surface area contributed by atoms with Crippen LogP contribution in [0.25, 0.3) is 0 Å². The van der Waals surface area contributed by atoms with E-state index >= 15 is 0 Å². The molecule has 0 spiro atoms. The van der Waals surface area contributed by atoms with Gasteiger partial charge in [-0.25, -0.2) is 0 Å². The molecule has 4 heteroatoms. The molecule has 1 saturated heterocycles. The Hall–Kier alpha value is -2.85. The van der Waals surface area contributed by atoms with Gasteiger partial charge in [0.1, 0.15) is 5.60 Å². The molecule has 1 fully saturated rings. The van der Waals surface area contributed by atoms with E-state index in [0.717, 1.165) is 33.6 Å². The summed E-state index contributed by atoms with van der Waals surface area (Å²) in [7, 11) is 0. The van der Waals surface area contributed by atoms with Crippen LogP contribution in [0.4, 0.5) is 0 Å². The number of hydrogen-bond acceptors (Lipinski definition) is 4. The fourth-order valence-electron chi connectivity index (χ4n) is 4.43. The Labute approximate surface area is 200 Å². The lowest BCUT2D eigenvalue weighted by atomic mass is 9.81. The number of carbonyl (C=O) groups is 2. The number of thioether (sulfide) groups is 1. The third kappa shape index (κ3) is 5.22. The van der Waals surface area contributed by atoms with Crippen LogP contribution in [-0.4, -0.2) is 17.0 Å². The summed E-state index contributed by atoms with van der Waals surface area (Å²) in [4.78, 5) is 27.7. The van der Waals surface area contributed by atoms with Gasteiger partial charge in [-0.05, 0) is 54.0 Å². The Bertz CT molecular complexity index is 1100. The Morgan fingerprint density at radius 2 is 1.64 bits per heavy atom. The molecule has 33 heavy (non-hydrogen) atoms. The average Bonchev–Trinajstić information content (AvgIpc) is 2.81. The lowest BCUT2D eigenvalue weighted by Crippen LogP contribution is -2.47. The molecule has 3 aromatic rings. The van der Waals surface area contributed by atoms with Crippen molar-refractivity contribution in [2.24, 2.45) is 0 Å². The van der Waals surface area contributed by atoms with Gasteiger partial charge in [0.25, 0.3) is 0 Å². The summed E-state index contributed by atoms with van der Waals surface area (Å²) < 4.78 is 6.19. The zero-order valence-electron chi connectivity index (χ0n) is 19.4. The van der Waals surface area contributed by atoms with Gasteiger partial charge >= 0.3 is 5.97 Å². The Kier molecular flexibility index (Phi) is 7.04. The second kappa shape index (κ2) is 9.96. The first kappa shape index (κ1) is 23.3. The van der Waals surface area contributed by atoms with Gasteiger partial charge in [-0.15, -0.1) is 11.8 Å². The summed E-state index contributed by atoms with van der Waals surface area (Å²) >= 11 is 1.34. The van der Waals surface area contributed by atoms with E-state index in [2.05, 4.69) is 44.2 Å². The fourth-order valence-corrected chi connectivity index (χ4v) is 5.73. The van der Waals surface area contributed by atoms with E-state index in [1.807, 2.05) is 55.5 Å². The first-order valence-corrected chi connectivity index (χ1v) is 12.4. The van der Waals surface area contributed by atoms with E-state index in [1.165, 1.54) is 11.8 Å². The fraction of sp³-hybridized carbons (Fsp3) is 0.310. The number of carbonyl (C=O) groups excluding carboxylic acids is 2. The van der Waals surface area contributed by atoms with Crippen molar-refractivity contribution in [2.45, 2.75) is 61.7 Å². The van der Waals surface area contributed by atoms with E-state index in [9.17, 15) is 9.59 Å². The normalized spacial score (nSPS) is 20.7. The standard InChI is InChI=1S/C29H30O3S/c1-20(2)24-15-14-21(3)18-26(24)33-27-25(30)19-29(32-28(27)31,23-12-8-5-9-13-23)17-16-22-10-6-4-7-11-22/h4-15,18,20,27H,16-17,19H2,1-3H3/t27?,29-/m0/s1. The van der Waals surface area contributed by atoms with Gasteiger partial charge in [0.2, 0.25) is 0 Å². The molecule has 0 N–H and O–H groups in total. The van der Waals surface area contributed by atoms with Crippen molar-refractivity contribution in [3.63, 3.8) is 0 Å². The van der Waals surface area contributed by atoms with Gasteiger partial charge in [0, 0.05) is 4.90 Å². The van der Waals surface area contributed by atoms with Crippen LogP contribution in [0.2, 0.25) is 0 Å². The Balaban J connectivity index is 1.61. The molecule has 0 radical (unpaired) electrons. The minimum atomic E-state index is -0.935. The number of hydrogen-bond donors (Lipinski definition) is 0. The highest BCUT2D eigenvalue weighted by molar-refractivity contribution is 8.01. The summed E-state index contributed by atoms with van der Waals surface area (Å²) in [5.74, 6) is -0.203. The number of cyclic esters (lactones) is 1. The lowest BCUT2D eigenvalue weighted by Gasteiger charge is -2.39. The molecule has 0 saturated carbocycles. The number of esters is 1. The maximum absolute atomic E-state index is 13.5. The highest BCUT2D eigenvalue weighted by Gasteiger charge is 2.48. The zero-order valence-corrected chi connectivity index (χ0v) is 20.2. The third-order valence-electron chi connectivity index (χ3n) is 6.26. The molecule has 3 aromatic carbocycles. The van der Waals surface area contributed by atoms with Crippen LogP contribution in [0.15, 0.2) is 83.8 Å². The van der Waals surface area contributed by atoms with E-state index in [0.29, 0.717) is 12.3 Å². The minimum absolute atomic E-state index is 0.0654. The second-order valence-corrected chi connectivity index (χ2v) is 10.3. The Morgan fingerprint density at radius 3 is 2.27 bits per heavy atom. The molecule has 1 heterocycles. The first-order valence-electron chi connectivity index (χ1n) is 11.5. The highest BCUT2D eigenvalue weighted by Crippen LogP contribution is 2.43. The van der Waals surface area contributed by atoms with Crippen LogP contribution in [0, 0.1) is 6.92 Å². The van der Waals surface area contributed by atoms with Gasteiger partial charge in [-0.3, -0.25) is 9.59 Å². The van der Waals surface area contributed by atoms with Crippen LogP contribution in [0.5, 0.6) is 0 Å². The maximum atomic E-state index is 13.5. The van der Waals surface area contributed by atoms with E-state index in [1.54, 1.807) is 0 Å². The number of ether oxygens (including phenoxy) is 1. The van der Waals surface area contributed by atoms with Crippen LogP contribution in [0.1, 0.15) is 54.9 Å². The molecule has 4 rings (SSSR count). The number of aryl methyl sites for hydroxylation is 2. The quantitative estimate of drug-likeness (QED) is 0.295. The maximum Gasteiger partial charge on any atom is 0.327 e. The summed E-state index contributed by atoms with van der Waals surface area (Å²) in [5, 5.41) is -0.835. The molecular formula is C29H30O3S. The van der Waals surface area contributed by atoms with Crippen molar-refractivity contribution in [1.29, 1.82) is 0 Å². The van der Waals surface area contributed by atoms with E-state index in [4.69, 9.17) is 4.74 Å². The number of rotatable bonds is 7. The molecular weight excluding hydrogens is 428 g/mol. The van der Waals surface area contributed by atoms with Crippen LogP contribution in [0.3, 0.4) is 0 Å². The first-order chi connectivity index (χ1) is 15.9. The van der Waals surface area contributed by atoms with Gasteiger partial charge in [-0.2, -0.15) is 0 Å². The Morgan fingerprint density at radius 1 is 0.970 bits per heavy atom. The summed E-state index contributed by atoms with van der Waals surface area (Å²) in [5.41, 5.74) is 3.37. The monoisotopic (exact) mass is 458 g/mol. The third-order valence-corrected chi connectivity index (χ3v) is 7.56. The SMILES string of the molecule is Cc1ccc(C(C)C)c(SC2C(=O)C[C@@](CCc3ccccc3)(c3ccccc3)OC2=O)c1. The minimum Gasteiger partial charge on any atom is -0.453 e. The average molecular weight is 459 g/mol. The zero-order chi connectivity index (χ0) is 23.4. The van der Waals surface area contributed by atoms with Crippen molar-refractivity contribution in [3.05, 3.63) is 101 Å². The van der Waals surface area contributed by atoms with Crippen molar-refractivity contribution in [2.75, 3.05) is 0 Å². The van der Waals surface area contributed by atoms with Crippen molar-refractivity contribution in [1.82, 2.24) is 0 Å². The molecule has 2 atom stereocenters. The number of Topliss-reactive ketones (excluding diaryl/α,β-unsaturated/α-hetero) is 1. The number of ketones is 1. The predicted molar refractivity (Wildman–Crippen MR) is 134 cm³/mol. The van der Waals surface area contributed by atoms with Gasteiger partial charge in [0.15, 0.2) is 11.0 Å². The molecule has 170 valence electrons.